The van der Waals surface area contributed by atoms with Gasteiger partial charge >= 0.3 is 5.97 Å². The van der Waals surface area contributed by atoms with Crippen LogP contribution < -0.4 is 10.6 Å². The van der Waals surface area contributed by atoms with Gasteiger partial charge in [0, 0.05) is 16.8 Å². The maximum absolute atomic E-state index is 13.2. The number of carboxylic acid groups (broad SMARTS) is 1. The highest BCUT2D eigenvalue weighted by molar-refractivity contribution is 7.17. The molecule has 3 N–H and O–H groups in total. The molecule has 3 rings (SSSR count). The minimum atomic E-state index is -1.09. The highest BCUT2D eigenvalue weighted by Gasteiger charge is 2.28. The number of carbonyl (C=O) groups excluding carboxylic acids is 2. The van der Waals surface area contributed by atoms with Gasteiger partial charge < -0.3 is 15.7 Å². The topological polar surface area (TPSA) is 95.5 Å². The summed E-state index contributed by atoms with van der Waals surface area (Å²) in [7, 11) is 0. The fraction of sp³-hybridized carbons (Fsp3) is 0.269. The summed E-state index contributed by atoms with van der Waals surface area (Å²) in [5.74, 6) is -2.83. The number of amides is 2. The fourth-order valence-corrected chi connectivity index (χ4v) is 4.49. The van der Waals surface area contributed by atoms with Gasteiger partial charge in [0.05, 0.1) is 4.88 Å². The molecule has 0 fully saturated rings. The monoisotopic (exact) mass is 500 g/mol. The van der Waals surface area contributed by atoms with Crippen molar-refractivity contribution in [1.82, 2.24) is 10.6 Å². The lowest BCUT2D eigenvalue weighted by molar-refractivity contribution is -0.137. The molecule has 0 radical (unpaired) electrons. The molecule has 1 aromatic heterocycles. The normalized spacial score (nSPS) is 12.1. The van der Waals surface area contributed by atoms with Crippen molar-refractivity contribution in [2.75, 3.05) is 0 Å². The molecule has 35 heavy (non-hydrogen) atoms. The van der Waals surface area contributed by atoms with Gasteiger partial charge in [0.1, 0.15) is 17.7 Å². The zero-order chi connectivity index (χ0) is 25.6. The van der Waals surface area contributed by atoms with Crippen LogP contribution in [-0.4, -0.2) is 34.5 Å². The predicted octanol–water partition coefficient (Wildman–Crippen LogP) is 4.79. The van der Waals surface area contributed by atoms with E-state index in [2.05, 4.69) is 10.6 Å². The van der Waals surface area contributed by atoms with Gasteiger partial charge in [-0.25, -0.2) is 8.78 Å². The van der Waals surface area contributed by atoms with E-state index in [1.54, 1.807) is 50.2 Å². The number of rotatable bonds is 10. The number of hydrogen-bond donors (Lipinski definition) is 3. The second-order valence-corrected chi connectivity index (χ2v) is 9.89. The first-order valence-corrected chi connectivity index (χ1v) is 11.8. The van der Waals surface area contributed by atoms with Crippen molar-refractivity contribution in [1.29, 1.82) is 0 Å². The summed E-state index contributed by atoms with van der Waals surface area (Å²) >= 11 is 1.18. The fourth-order valence-electron chi connectivity index (χ4n) is 3.57. The average molecular weight is 501 g/mol. The third-order valence-electron chi connectivity index (χ3n) is 5.25. The zero-order valence-corrected chi connectivity index (χ0v) is 20.1. The van der Waals surface area contributed by atoms with E-state index >= 15 is 0 Å². The highest BCUT2D eigenvalue weighted by Crippen LogP contribution is 2.28. The number of carboxylic acids is 1. The molecule has 0 saturated carbocycles. The second kappa shape index (κ2) is 11.2. The molecule has 6 nitrogen and oxygen atoms in total. The van der Waals surface area contributed by atoms with Crippen LogP contribution in [0.4, 0.5) is 8.78 Å². The first-order valence-electron chi connectivity index (χ1n) is 11.0. The lowest BCUT2D eigenvalue weighted by Gasteiger charge is -2.29. The summed E-state index contributed by atoms with van der Waals surface area (Å²) in [6.45, 7) is 3.58. The number of aliphatic carboxylic acids is 1. The molecular weight excluding hydrogens is 474 g/mol. The van der Waals surface area contributed by atoms with Crippen molar-refractivity contribution < 1.29 is 28.3 Å². The van der Waals surface area contributed by atoms with Crippen molar-refractivity contribution in [3.05, 3.63) is 82.7 Å². The van der Waals surface area contributed by atoms with Crippen molar-refractivity contribution >= 4 is 29.1 Å². The number of nitrogens with one attached hydrogen (secondary N) is 2. The van der Waals surface area contributed by atoms with Crippen molar-refractivity contribution in [3.8, 4) is 10.4 Å². The third-order valence-corrected chi connectivity index (χ3v) is 6.38. The minimum Gasteiger partial charge on any atom is -0.481 e. The van der Waals surface area contributed by atoms with Crippen LogP contribution in [-0.2, 0) is 16.0 Å². The van der Waals surface area contributed by atoms with Gasteiger partial charge in [-0.15, -0.1) is 11.3 Å². The maximum Gasteiger partial charge on any atom is 0.303 e. The Balaban J connectivity index is 1.70. The number of carbonyl (C=O) groups is 3. The van der Waals surface area contributed by atoms with Crippen LogP contribution in [0.25, 0.3) is 10.4 Å². The molecule has 0 unspecified atom stereocenters. The molecule has 3 aromatic rings. The SMILES string of the molecule is CC(C)(Cc1ccc(F)cc1)NC(=O)[C@H](CCC(=O)O)NC(=O)c1ccc(-c2ccc(F)cc2)s1. The highest BCUT2D eigenvalue weighted by atomic mass is 32.1. The molecule has 0 aliphatic carbocycles. The lowest BCUT2D eigenvalue weighted by atomic mass is 9.94. The Morgan fingerprint density at radius 2 is 1.54 bits per heavy atom. The first-order chi connectivity index (χ1) is 16.5. The average Bonchev–Trinajstić information content (AvgIpc) is 3.28. The largest absolute Gasteiger partial charge is 0.481 e. The molecule has 0 aliphatic heterocycles. The number of benzene rings is 2. The Hall–Kier alpha value is -3.59. The van der Waals surface area contributed by atoms with Crippen LogP contribution in [0.15, 0.2) is 60.7 Å². The Kier molecular flexibility index (Phi) is 8.34. The van der Waals surface area contributed by atoms with E-state index in [-0.39, 0.29) is 24.5 Å². The summed E-state index contributed by atoms with van der Waals surface area (Å²) in [5.41, 5.74) is 0.827. The molecule has 1 heterocycles. The molecule has 0 saturated heterocycles. The maximum atomic E-state index is 13.2. The molecule has 9 heteroatoms. The standard InChI is InChI=1S/C26H26F2N2O4S/c1-26(2,15-16-3-7-18(27)8-4-16)30-24(33)20(11-14-23(31)32)29-25(34)22-13-12-21(35-22)17-5-9-19(28)10-6-17/h3-10,12-13,20H,11,14-15H2,1-2H3,(H,29,34)(H,30,33)(H,31,32)/t20-/m0/s1. The van der Waals surface area contributed by atoms with Gasteiger partial charge in [-0.1, -0.05) is 24.3 Å². The molecule has 0 spiro atoms. The zero-order valence-electron chi connectivity index (χ0n) is 19.3. The molecule has 2 amide bonds. The molecule has 2 aromatic carbocycles. The molecular formula is C26H26F2N2O4S. The van der Waals surface area contributed by atoms with Crippen LogP contribution in [0.5, 0.6) is 0 Å². The minimum absolute atomic E-state index is 0.0876. The van der Waals surface area contributed by atoms with Crippen LogP contribution >= 0.6 is 11.3 Å². The number of thiophene rings is 1. The van der Waals surface area contributed by atoms with Gasteiger partial charge in [-0.3, -0.25) is 14.4 Å². The molecule has 1 atom stereocenters. The number of hydrogen-bond acceptors (Lipinski definition) is 4. The summed E-state index contributed by atoms with van der Waals surface area (Å²) in [5, 5.41) is 14.6. The van der Waals surface area contributed by atoms with Gasteiger partial charge in [0.2, 0.25) is 5.91 Å². The van der Waals surface area contributed by atoms with E-state index in [1.807, 2.05) is 0 Å². The quantitative estimate of drug-likeness (QED) is 0.373. The van der Waals surface area contributed by atoms with E-state index < -0.39 is 29.4 Å². The third kappa shape index (κ3) is 7.71. The smallest absolute Gasteiger partial charge is 0.303 e. The van der Waals surface area contributed by atoms with Crippen LogP contribution in [0, 0.1) is 11.6 Å². The van der Waals surface area contributed by atoms with E-state index in [0.717, 1.165) is 16.0 Å². The molecule has 0 aliphatic rings. The molecule has 184 valence electrons. The van der Waals surface area contributed by atoms with Gasteiger partial charge in [-0.05, 0) is 74.2 Å². The van der Waals surface area contributed by atoms with Crippen LogP contribution in [0.2, 0.25) is 0 Å². The number of halogens is 2. The Bertz CT molecular complexity index is 1190. The van der Waals surface area contributed by atoms with E-state index in [1.165, 1.54) is 35.6 Å². The summed E-state index contributed by atoms with van der Waals surface area (Å²) < 4.78 is 26.4. The Morgan fingerprint density at radius 3 is 2.14 bits per heavy atom. The van der Waals surface area contributed by atoms with Gasteiger partial charge in [-0.2, -0.15) is 0 Å². The van der Waals surface area contributed by atoms with Crippen molar-refractivity contribution in [2.45, 2.75) is 44.7 Å². The summed E-state index contributed by atoms with van der Waals surface area (Å²) in [6, 6.07) is 14.1. The van der Waals surface area contributed by atoms with E-state index in [4.69, 9.17) is 5.11 Å². The van der Waals surface area contributed by atoms with E-state index in [0.29, 0.717) is 11.3 Å². The van der Waals surface area contributed by atoms with Crippen LogP contribution in [0.3, 0.4) is 0 Å². The second-order valence-electron chi connectivity index (χ2n) is 8.81. The van der Waals surface area contributed by atoms with Crippen molar-refractivity contribution in [2.24, 2.45) is 0 Å². The van der Waals surface area contributed by atoms with Crippen molar-refractivity contribution in [3.63, 3.8) is 0 Å². The lowest BCUT2D eigenvalue weighted by Crippen LogP contribution is -2.54. The Morgan fingerprint density at radius 1 is 0.943 bits per heavy atom. The van der Waals surface area contributed by atoms with Crippen LogP contribution in [0.1, 0.15) is 41.9 Å². The van der Waals surface area contributed by atoms with Gasteiger partial charge in [0.15, 0.2) is 0 Å². The predicted molar refractivity (Wildman–Crippen MR) is 130 cm³/mol. The first kappa shape index (κ1) is 26.0. The summed E-state index contributed by atoms with van der Waals surface area (Å²) in [4.78, 5) is 38.1. The Labute approximate surface area is 206 Å². The van der Waals surface area contributed by atoms with E-state index in [9.17, 15) is 23.2 Å². The van der Waals surface area contributed by atoms with Gasteiger partial charge in [0.25, 0.3) is 5.91 Å². The molecule has 0 bridgehead atoms. The summed E-state index contributed by atoms with van der Waals surface area (Å²) in [6.07, 6.45) is 0.0162.